The molecule has 0 aromatic carbocycles. The Balaban J connectivity index is 2.22. The average Bonchev–Trinajstić information content (AvgIpc) is 2.97. The summed E-state index contributed by atoms with van der Waals surface area (Å²) in [5.41, 5.74) is -0.100. The lowest BCUT2D eigenvalue weighted by Crippen LogP contribution is -2.50. The van der Waals surface area contributed by atoms with Crippen molar-refractivity contribution >= 4 is 11.8 Å². The SMILES string of the molecule is CC(NC(=O)CNC(C)(C)C)C(=O)NC1CC1. The number of hydrogen-bond acceptors (Lipinski definition) is 3. The Morgan fingerprint density at radius 1 is 1.29 bits per heavy atom. The van der Waals surface area contributed by atoms with E-state index in [4.69, 9.17) is 0 Å². The number of nitrogens with one attached hydrogen (secondary N) is 3. The van der Waals surface area contributed by atoms with Crippen LogP contribution < -0.4 is 16.0 Å². The molecular formula is C12H23N3O2. The van der Waals surface area contributed by atoms with Gasteiger partial charge in [0.05, 0.1) is 6.54 Å². The molecule has 0 bridgehead atoms. The normalized spacial score (nSPS) is 17.4. The summed E-state index contributed by atoms with van der Waals surface area (Å²) < 4.78 is 0. The number of carbonyl (C=O) groups is 2. The molecule has 0 radical (unpaired) electrons. The van der Waals surface area contributed by atoms with Gasteiger partial charge in [0.1, 0.15) is 6.04 Å². The maximum Gasteiger partial charge on any atom is 0.242 e. The Labute approximate surface area is 103 Å². The lowest BCUT2D eigenvalue weighted by atomic mass is 10.1. The van der Waals surface area contributed by atoms with E-state index in [0.29, 0.717) is 6.04 Å². The summed E-state index contributed by atoms with van der Waals surface area (Å²) in [6.45, 7) is 7.90. The lowest BCUT2D eigenvalue weighted by molar-refractivity contribution is -0.128. The summed E-state index contributed by atoms with van der Waals surface area (Å²) in [6, 6.07) is -0.139. The summed E-state index contributed by atoms with van der Waals surface area (Å²) in [5, 5.41) is 8.60. The van der Waals surface area contributed by atoms with Crippen LogP contribution >= 0.6 is 0 Å². The van der Waals surface area contributed by atoms with E-state index in [1.165, 1.54) is 0 Å². The number of amides is 2. The molecule has 0 aromatic rings. The van der Waals surface area contributed by atoms with E-state index in [9.17, 15) is 9.59 Å². The third-order valence-corrected chi connectivity index (χ3v) is 2.47. The van der Waals surface area contributed by atoms with E-state index >= 15 is 0 Å². The molecule has 1 rings (SSSR count). The van der Waals surface area contributed by atoms with Crippen LogP contribution in [0.1, 0.15) is 40.5 Å². The molecule has 0 spiro atoms. The second-order valence-electron chi connectivity index (χ2n) is 5.68. The second-order valence-corrected chi connectivity index (χ2v) is 5.68. The van der Waals surface area contributed by atoms with Crippen molar-refractivity contribution in [2.24, 2.45) is 0 Å². The number of carbonyl (C=O) groups excluding carboxylic acids is 2. The van der Waals surface area contributed by atoms with Crippen molar-refractivity contribution in [3.8, 4) is 0 Å². The van der Waals surface area contributed by atoms with Crippen LogP contribution in [-0.4, -0.2) is 36.0 Å². The molecule has 5 heteroatoms. The van der Waals surface area contributed by atoms with Gasteiger partial charge in [0.2, 0.25) is 11.8 Å². The van der Waals surface area contributed by atoms with Crippen LogP contribution in [0, 0.1) is 0 Å². The Kier molecular flexibility index (Phi) is 4.51. The van der Waals surface area contributed by atoms with Gasteiger partial charge in [-0.15, -0.1) is 0 Å². The Hall–Kier alpha value is -1.10. The van der Waals surface area contributed by atoms with E-state index < -0.39 is 6.04 Å². The Bertz CT molecular complexity index is 293. The lowest BCUT2D eigenvalue weighted by Gasteiger charge is -2.21. The van der Waals surface area contributed by atoms with Crippen molar-refractivity contribution < 1.29 is 9.59 Å². The van der Waals surface area contributed by atoms with Gasteiger partial charge in [0, 0.05) is 11.6 Å². The van der Waals surface area contributed by atoms with Crippen LogP contribution in [0.15, 0.2) is 0 Å². The molecule has 17 heavy (non-hydrogen) atoms. The molecule has 1 fully saturated rings. The van der Waals surface area contributed by atoms with Crippen LogP contribution in [0.5, 0.6) is 0 Å². The topological polar surface area (TPSA) is 70.2 Å². The third-order valence-electron chi connectivity index (χ3n) is 2.47. The van der Waals surface area contributed by atoms with Gasteiger partial charge < -0.3 is 16.0 Å². The Morgan fingerprint density at radius 2 is 1.88 bits per heavy atom. The summed E-state index contributed by atoms with van der Waals surface area (Å²) in [7, 11) is 0. The molecule has 0 saturated heterocycles. The molecule has 1 atom stereocenters. The van der Waals surface area contributed by atoms with E-state index in [1.54, 1.807) is 6.92 Å². The van der Waals surface area contributed by atoms with Gasteiger partial charge in [-0.05, 0) is 40.5 Å². The quantitative estimate of drug-likeness (QED) is 0.642. The van der Waals surface area contributed by atoms with Gasteiger partial charge >= 0.3 is 0 Å². The summed E-state index contributed by atoms with van der Waals surface area (Å²) in [5.74, 6) is -0.255. The number of hydrogen-bond donors (Lipinski definition) is 3. The predicted molar refractivity (Wildman–Crippen MR) is 66.5 cm³/mol. The predicted octanol–water partition coefficient (Wildman–Crippen LogP) is 0.158. The fraction of sp³-hybridized carbons (Fsp3) is 0.833. The molecule has 1 saturated carbocycles. The first-order valence-corrected chi connectivity index (χ1v) is 6.13. The van der Waals surface area contributed by atoms with Crippen molar-refractivity contribution in [3.05, 3.63) is 0 Å². The van der Waals surface area contributed by atoms with E-state index in [0.717, 1.165) is 12.8 Å². The zero-order valence-electron chi connectivity index (χ0n) is 11.1. The highest BCUT2D eigenvalue weighted by molar-refractivity contribution is 5.88. The third kappa shape index (κ3) is 6.26. The molecule has 0 aromatic heterocycles. The molecule has 98 valence electrons. The highest BCUT2D eigenvalue weighted by atomic mass is 16.2. The van der Waals surface area contributed by atoms with Crippen molar-refractivity contribution in [2.45, 2.75) is 58.2 Å². The highest BCUT2D eigenvalue weighted by Crippen LogP contribution is 2.18. The van der Waals surface area contributed by atoms with E-state index in [-0.39, 0.29) is 23.9 Å². The van der Waals surface area contributed by atoms with E-state index in [1.807, 2.05) is 20.8 Å². The Morgan fingerprint density at radius 3 is 2.35 bits per heavy atom. The molecule has 1 unspecified atom stereocenters. The summed E-state index contributed by atoms with van der Waals surface area (Å²) in [6.07, 6.45) is 2.11. The van der Waals surface area contributed by atoms with Gasteiger partial charge in [0.15, 0.2) is 0 Å². The van der Waals surface area contributed by atoms with Crippen LogP contribution in [0.3, 0.4) is 0 Å². The molecule has 1 aliphatic rings. The van der Waals surface area contributed by atoms with Crippen LogP contribution in [0.2, 0.25) is 0 Å². The fourth-order valence-electron chi connectivity index (χ4n) is 1.26. The monoisotopic (exact) mass is 241 g/mol. The minimum absolute atomic E-state index is 0.100. The highest BCUT2D eigenvalue weighted by Gasteiger charge is 2.26. The largest absolute Gasteiger partial charge is 0.352 e. The van der Waals surface area contributed by atoms with Crippen LogP contribution in [0.25, 0.3) is 0 Å². The summed E-state index contributed by atoms with van der Waals surface area (Å²) in [4.78, 5) is 23.1. The van der Waals surface area contributed by atoms with Gasteiger partial charge in [-0.3, -0.25) is 9.59 Å². The summed E-state index contributed by atoms with van der Waals surface area (Å²) >= 11 is 0. The van der Waals surface area contributed by atoms with Crippen molar-refractivity contribution in [1.29, 1.82) is 0 Å². The molecule has 2 amide bonds. The zero-order chi connectivity index (χ0) is 13.1. The smallest absolute Gasteiger partial charge is 0.242 e. The van der Waals surface area contributed by atoms with Crippen LogP contribution in [0.4, 0.5) is 0 Å². The van der Waals surface area contributed by atoms with Crippen LogP contribution in [-0.2, 0) is 9.59 Å². The zero-order valence-corrected chi connectivity index (χ0v) is 11.1. The maximum atomic E-state index is 11.6. The van der Waals surface area contributed by atoms with Crippen molar-refractivity contribution in [1.82, 2.24) is 16.0 Å². The van der Waals surface area contributed by atoms with E-state index in [2.05, 4.69) is 16.0 Å². The first kappa shape index (κ1) is 14.0. The molecule has 0 aliphatic heterocycles. The molecule has 5 nitrogen and oxygen atoms in total. The molecule has 3 N–H and O–H groups in total. The van der Waals surface area contributed by atoms with Crippen molar-refractivity contribution in [2.75, 3.05) is 6.54 Å². The van der Waals surface area contributed by atoms with Gasteiger partial charge in [-0.1, -0.05) is 0 Å². The van der Waals surface area contributed by atoms with Gasteiger partial charge in [0.25, 0.3) is 0 Å². The minimum atomic E-state index is -0.468. The molecular weight excluding hydrogens is 218 g/mol. The minimum Gasteiger partial charge on any atom is -0.352 e. The van der Waals surface area contributed by atoms with Gasteiger partial charge in [-0.25, -0.2) is 0 Å². The van der Waals surface area contributed by atoms with Gasteiger partial charge in [-0.2, -0.15) is 0 Å². The van der Waals surface area contributed by atoms with Crippen molar-refractivity contribution in [3.63, 3.8) is 0 Å². The maximum absolute atomic E-state index is 11.6. The molecule has 0 heterocycles. The fourth-order valence-corrected chi connectivity index (χ4v) is 1.26. The number of rotatable bonds is 5. The standard InChI is InChI=1S/C12H23N3O2/c1-8(11(17)15-9-5-6-9)14-10(16)7-13-12(2,3)4/h8-9,13H,5-7H2,1-4H3,(H,14,16)(H,15,17). The molecule has 1 aliphatic carbocycles. The average molecular weight is 241 g/mol. The second kappa shape index (κ2) is 5.49. The first-order valence-electron chi connectivity index (χ1n) is 6.13. The first-order chi connectivity index (χ1) is 7.78.